The summed E-state index contributed by atoms with van der Waals surface area (Å²) in [5.41, 5.74) is 1.55. The van der Waals surface area contributed by atoms with E-state index >= 15 is 0 Å². The fraction of sp³-hybridized carbons (Fsp3) is 0.615. The number of furan rings is 1. The quantitative estimate of drug-likeness (QED) is 0.774. The molecule has 3 fully saturated rings. The van der Waals surface area contributed by atoms with E-state index in [1.807, 2.05) is 24.3 Å². The molecule has 2 aliphatic carbocycles. The van der Waals surface area contributed by atoms with Crippen LogP contribution in [0.3, 0.4) is 0 Å². The van der Waals surface area contributed by atoms with Crippen molar-refractivity contribution in [3.05, 3.63) is 53.5 Å². The third kappa shape index (κ3) is 3.24. The third-order valence-electron chi connectivity index (χ3n) is 8.78. The molecule has 2 aliphatic heterocycles. The minimum atomic E-state index is -0.736. The van der Waals surface area contributed by atoms with Gasteiger partial charge in [0.05, 0.1) is 11.9 Å². The molecule has 1 aromatic heterocycles. The van der Waals surface area contributed by atoms with Crippen LogP contribution in [0.15, 0.2) is 41.0 Å². The predicted octanol–water partition coefficient (Wildman–Crippen LogP) is 3.33. The van der Waals surface area contributed by atoms with Gasteiger partial charge in [-0.3, -0.25) is 4.90 Å². The van der Waals surface area contributed by atoms with E-state index < -0.39 is 5.60 Å². The van der Waals surface area contributed by atoms with Crippen LogP contribution in [0.4, 0.5) is 0 Å². The molecule has 5 nitrogen and oxygen atoms in total. The molecule has 4 aliphatic rings. The largest absolute Gasteiger partial charge is 0.508 e. The van der Waals surface area contributed by atoms with E-state index in [4.69, 9.17) is 4.42 Å². The Kier molecular flexibility index (Phi) is 4.71. The van der Waals surface area contributed by atoms with Crippen LogP contribution in [-0.4, -0.2) is 64.4 Å². The number of phenolic OH excluding ortho intramolecular Hbond substituents is 1. The molecular weight excluding hydrogens is 388 g/mol. The van der Waals surface area contributed by atoms with Crippen LogP contribution < -0.4 is 0 Å². The molecule has 2 bridgehead atoms. The van der Waals surface area contributed by atoms with Crippen LogP contribution in [0.1, 0.15) is 49.0 Å². The molecule has 1 aromatic carbocycles. The maximum Gasteiger partial charge on any atom is 0.115 e. The standard InChI is InChI=1S/C26H34N2O3/c29-21-6-5-20-16-24-26(30)10-13-27(11-7-22-2-1-15-31-22)12-8-25(26,23(20)17-21)9-14-28(24)18-19-3-4-19/h1-2,5-6,15,17,19,24,29-30H,3-4,7-14,16,18H2. The Labute approximate surface area is 184 Å². The Balaban J connectivity index is 1.33. The van der Waals surface area contributed by atoms with Crippen molar-refractivity contribution in [3.63, 3.8) is 0 Å². The van der Waals surface area contributed by atoms with Gasteiger partial charge in [0.2, 0.25) is 0 Å². The molecule has 1 saturated carbocycles. The number of rotatable bonds is 5. The first-order valence-corrected chi connectivity index (χ1v) is 12.1. The second-order valence-electron chi connectivity index (χ2n) is 10.4. The lowest BCUT2D eigenvalue weighted by atomic mass is 9.52. The molecule has 0 radical (unpaired) electrons. The molecule has 5 heteroatoms. The summed E-state index contributed by atoms with van der Waals surface area (Å²) in [6, 6.07) is 10.1. The number of likely N-dealkylation sites (tertiary alicyclic amines) is 2. The van der Waals surface area contributed by atoms with Gasteiger partial charge in [0.15, 0.2) is 0 Å². The third-order valence-corrected chi connectivity index (χ3v) is 8.78. The Hall–Kier alpha value is -1.82. The molecule has 0 amide bonds. The molecule has 2 aromatic rings. The fourth-order valence-corrected chi connectivity index (χ4v) is 6.86. The van der Waals surface area contributed by atoms with Gasteiger partial charge in [0, 0.05) is 37.5 Å². The van der Waals surface area contributed by atoms with Crippen molar-refractivity contribution in [1.29, 1.82) is 0 Å². The maximum absolute atomic E-state index is 12.5. The SMILES string of the molecule is Oc1ccc2c(c1)C13CCN(CCc4ccco4)CCC1(O)C(C2)N(CC1CC1)CC3. The van der Waals surface area contributed by atoms with Crippen molar-refractivity contribution in [2.45, 2.75) is 62.0 Å². The number of aliphatic hydroxyl groups is 1. The summed E-state index contributed by atoms with van der Waals surface area (Å²) in [6.45, 7) is 5.06. The van der Waals surface area contributed by atoms with Crippen LogP contribution in [0, 0.1) is 5.92 Å². The number of fused-ring (bicyclic) bond motifs is 1. The normalized spacial score (nSPS) is 33.5. The van der Waals surface area contributed by atoms with E-state index in [2.05, 4.69) is 15.9 Å². The predicted molar refractivity (Wildman–Crippen MR) is 119 cm³/mol. The van der Waals surface area contributed by atoms with E-state index in [-0.39, 0.29) is 11.5 Å². The number of nitrogens with zero attached hydrogens (tertiary/aromatic N) is 2. The van der Waals surface area contributed by atoms with Crippen LogP contribution >= 0.6 is 0 Å². The van der Waals surface area contributed by atoms with Crippen molar-refractivity contribution in [2.75, 3.05) is 32.7 Å². The van der Waals surface area contributed by atoms with Crippen LogP contribution in [0.25, 0.3) is 0 Å². The van der Waals surface area contributed by atoms with Gasteiger partial charge in [0.25, 0.3) is 0 Å². The molecule has 3 unspecified atom stereocenters. The van der Waals surface area contributed by atoms with Gasteiger partial charge in [-0.05, 0) is 92.9 Å². The zero-order chi connectivity index (χ0) is 21.1. The number of hydrogen-bond donors (Lipinski definition) is 2. The van der Waals surface area contributed by atoms with Crippen LogP contribution in [-0.2, 0) is 18.3 Å². The summed E-state index contributed by atoms with van der Waals surface area (Å²) in [5.74, 6) is 2.18. The Bertz CT molecular complexity index is 940. The second-order valence-corrected chi connectivity index (χ2v) is 10.4. The topological polar surface area (TPSA) is 60.1 Å². The van der Waals surface area contributed by atoms with Gasteiger partial charge in [0.1, 0.15) is 11.5 Å². The highest BCUT2D eigenvalue weighted by atomic mass is 16.3. The summed E-state index contributed by atoms with van der Waals surface area (Å²) >= 11 is 0. The van der Waals surface area contributed by atoms with Gasteiger partial charge in [-0.25, -0.2) is 0 Å². The smallest absolute Gasteiger partial charge is 0.115 e. The highest BCUT2D eigenvalue weighted by Gasteiger charge is 2.63. The van der Waals surface area contributed by atoms with E-state index in [1.165, 1.54) is 24.0 Å². The van der Waals surface area contributed by atoms with E-state index in [0.29, 0.717) is 5.75 Å². The summed E-state index contributed by atoms with van der Waals surface area (Å²) in [5, 5.41) is 22.8. The fourth-order valence-electron chi connectivity index (χ4n) is 6.86. The zero-order valence-corrected chi connectivity index (χ0v) is 18.3. The summed E-state index contributed by atoms with van der Waals surface area (Å²) in [4.78, 5) is 5.13. The van der Waals surface area contributed by atoms with E-state index in [0.717, 1.165) is 76.5 Å². The van der Waals surface area contributed by atoms with Gasteiger partial charge < -0.3 is 19.5 Å². The van der Waals surface area contributed by atoms with E-state index in [1.54, 1.807) is 6.26 Å². The monoisotopic (exact) mass is 422 g/mol. The van der Waals surface area contributed by atoms with Gasteiger partial charge in [-0.15, -0.1) is 0 Å². The second kappa shape index (κ2) is 7.36. The molecule has 0 spiro atoms. The van der Waals surface area contributed by atoms with E-state index in [9.17, 15) is 10.2 Å². The number of aromatic hydroxyl groups is 1. The average molecular weight is 423 g/mol. The number of piperidine rings is 1. The molecule has 6 rings (SSSR count). The van der Waals surface area contributed by atoms with Gasteiger partial charge in [-0.1, -0.05) is 6.07 Å². The summed E-state index contributed by atoms with van der Waals surface area (Å²) in [7, 11) is 0. The first-order valence-electron chi connectivity index (χ1n) is 12.1. The lowest BCUT2D eigenvalue weighted by Crippen LogP contribution is -2.71. The van der Waals surface area contributed by atoms with Gasteiger partial charge >= 0.3 is 0 Å². The van der Waals surface area contributed by atoms with Crippen molar-refractivity contribution < 1.29 is 14.6 Å². The van der Waals surface area contributed by atoms with Crippen molar-refractivity contribution in [1.82, 2.24) is 9.80 Å². The number of benzene rings is 1. The maximum atomic E-state index is 12.5. The van der Waals surface area contributed by atoms with Crippen molar-refractivity contribution in [2.24, 2.45) is 5.92 Å². The number of hydrogen-bond acceptors (Lipinski definition) is 5. The van der Waals surface area contributed by atoms with Crippen LogP contribution in [0.2, 0.25) is 0 Å². The minimum Gasteiger partial charge on any atom is -0.508 e. The molecule has 3 atom stereocenters. The minimum absolute atomic E-state index is 0.184. The first-order chi connectivity index (χ1) is 15.1. The molecule has 31 heavy (non-hydrogen) atoms. The zero-order valence-electron chi connectivity index (χ0n) is 18.3. The van der Waals surface area contributed by atoms with Crippen molar-refractivity contribution in [3.8, 4) is 5.75 Å². The number of phenols is 1. The lowest BCUT2D eigenvalue weighted by Gasteiger charge is -2.61. The molecule has 3 heterocycles. The molecular formula is C26H34N2O3. The molecule has 166 valence electrons. The Morgan fingerprint density at radius 2 is 1.90 bits per heavy atom. The van der Waals surface area contributed by atoms with Crippen molar-refractivity contribution >= 4 is 0 Å². The van der Waals surface area contributed by atoms with Gasteiger partial charge in [-0.2, -0.15) is 0 Å². The van der Waals surface area contributed by atoms with Crippen LogP contribution in [0.5, 0.6) is 5.75 Å². The Morgan fingerprint density at radius 3 is 2.71 bits per heavy atom. The Morgan fingerprint density at radius 1 is 1.06 bits per heavy atom. The highest BCUT2D eigenvalue weighted by molar-refractivity contribution is 5.48. The molecule has 2 saturated heterocycles. The summed E-state index contributed by atoms with van der Waals surface area (Å²) in [6.07, 6.45) is 8.97. The first kappa shape index (κ1) is 19.8. The highest BCUT2D eigenvalue weighted by Crippen LogP contribution is 2.56. The summed E-state index contributed by atoms with van der Waals surface area (Å²) < 4.78 is 5.54. The lowest BCUT2D eigenvalue weighted by molar-refractivity contribution is -0.149. The average Bonchev–Trinajstić information content (AvgIpc) is 3.46. The molecule has 2 N–H and O–H groups in total.